The minimum atomic E-state index is 0.203. The van der Waals surface area contributed by atoms with Crippen LogP contribution in [-0.2, 0) is 11.3 Å². The van der Waals surface area contributed by atoms with Crippen LogP contribution in [0.25, 0.3) is 0 Å². The van der Waals surface area contributed by atoms with Crippen molar-refractivity contribution in [3.8, 4) is 11.5 Å². The minimum Gasteiger partial charge on any atom is -0.504 e. The number of aromatic hydroxyl groups is 1. The largest absolute Gasteiger partial charge is 0.504 e. The lowest BCUT2D eigenvalue weighted by Gasteiger charge is -2.35. The van der Waals surface area contributed by atoms with Crippen LogP contribution in [0.1, 0.15) is 26.3 Å². The molecule has 0 spiro atoms. The summed E-state index contributed by atoms with van der Waals surface area (Å²) in [6.45, 7) is 9.42. The van der Waals surface area contributed by atoms with E-state index in [0.29, 0.717) is 12.4 Å². The van der Waals surface area contributed by atoms with Crippen LogP contribution in [0.3, 0.4) is 0 Å². The fourth-order valence-electron chi connectivity index (χ4n) is 2.60. The fraction of sp³-hybridized carbons (Fsp3) is 0.600. The van der Waals surface area contributed by atoms with Crippen molar-refractivity contribution >= 4 is 0 Å². The van der Waals surface area contributed by atoms with Crippen LogP contribution in [0.5, 0.6) is 11.5 Å². The van der Waals surface area contributed by atoms with Gasteiger partial charge in [-0.05, 0) is 38.5 Å². The van der Waals surface area contributed by atoms with Crippen LogP contribution in [0, 0.1) is 0 Å². The first-order valence-electron chi connectivity index (χ1n) is 6.91. The Kier molecular flexibility index (Phi) is 4.66. The molecular formula is C15H23NO3. The van der Waals surface area contributed by atoms with E-state index in [1.165, 1.54) is 0 Å². The zero-order valence-electron chi connectivity index (χ0n) is 11.9. The lowest BCUT2D eigenvalue weighted by molar-refractivity contribution is -0.0705. The molecule has 1 N–H and O–H groups in total. The predicted octanol–water partition coefficient (Wildman–Crippen LogP) is 2.40. The smallest absolute Gasteiger partial charge is 0.161 e. The highest BCUT2D eigenvalue weighted by Crippen LogP contribution is 2.27. The Morgan fingerprint density at radius 1 is 1.32 bits per heavy atom. The van der Waals surface area contributed by atoms with E-state index in [1.807, 2.05) is 19.1 Å². The number of phenols is 1. The molecule has 19 heavy (non-hydrogen) atoms. The molecule has 1 saturated heterocycles. The molecule has 2 atom stereocenters. The fourth-order valence-corrected chi connectivity index (χ4v) is 2.60. The molecule has 106 valence electrons. The second kappa shape index (κ2) is 6.26. The number of hydrogen-bond donors (Lipinski definition) is 1. The first kappa shape index (κ1) is 14.2. The summed E-state index contributed by atoms with van der Waals surface area (Å²) in [5.41, 5.74) is 1.16. The predicted molar refractivity (Wildman–Crippen MR) is 74.6 cm³/mol. The van der Waals surface area contributed by atoms with E-state index in [2.05, 4.69) is 18.7 Å². The molecule has 4 nitrogen and oxygen atoms in total. The summed E-state index contributed by atoms with van der Waals surface area (Å²) in [4.78, 5) is 2.38. The lowest BCUT2D eigenvalue weighted by atomic mass is 10.1. The van der Waals surface area contributed by atoms with Crippen molar-refractivity contribution in [3.05, 3.63) is 23.8 Å². The molecule has 0 bridgehead atoms. The molecule has 1 aromatic rings. The van der Waals surface area contributed by atoms with Gasteiger partial charge in [0.1, 0.15) is 0 Å². The molecule has 1 aromatic carbocycles. The number of hydrogen-bond acceptors (Lipinski definition) is 4. The van der Waals surface area contributed by atoms with Gasteiger partial charge in [-0.15, -0.1) is 0 Å². The Labute approximate surface area is 114 Å². The summed E-state index contributed by atoms with van der Waals surface area (Å²) >= 11 is 0. The molecule has 0 aromatic heterocycles. The van der Waals surface area contributed by atoms with Gasteiger partial charge in [0.15, 0.2) is 11.5 Å². The number of morpholine rings is 1. The Bertz CT molecular complexity index is 412. The van der Waals surface area contributed by atoms with Crippen molar-refractivity contribution < 1.29 is 14.6 Å². The lowest BCUT2D eigenvalue weighted by Crippen LogP contribution is -2.44. The quantitative estimate of drug-likeness (QED) is 0.907. The first-order valence-corrected chi connectivity index (χ1v) is 6.91. The SMILES string of the molecule is CCOc1cc(CN2CC(C)OC(C)C2)ccc1O. The molecule has 2 rings (SSSR count). The maximum absolute atomic E-state index is 9.70. The van der Waals surface area contributed by atoms with Crippen LogP contribution in [0.4, 0.5) is 0 Å². The average molecular weight is 265 g/mol. The van der Waals surface area contributed by atoms with Gasteiger partial charge in [-0.25, -0.2) is 0 Å². The molecule has 1 fully saturated rings. The summed E-state index contributed by atoms with van der Waals surface area (Å²) in [7, 11) is 0. The Balaban J connectivity index is 2.04. The number of ether oxygens (including phenoxy) is 2. The molecule has 4 heteroatoms. The van der Waals surface area contributed by atoms with Crippen LogP contribution in [-0.4, -0.2) is 41.9 Å². The van der Waals surface area contributed by atoms with E-state index in [0.717, 1.165) is 25.2 Å². The van der Waals surface area contributed by atoms with Crippen LogP contribution < -0.4 is 4.74 Å². The van der Waals surface area contributed by atoms with E-state index in [9.17, 15) is 5.11 Å². The molecule has 0 amide bonds. The van der Waals surface area contributed by atoms with Gasteiger partial charge in [-0.2, -0.15) is 0 Å². The average Bonchev–Trinajstić information content (AvgIpc) is 2.32. The number of nitrogens with zero attached hydrogens (tertiary/aromatic N) is 1. The van der Waals surface area contributed by atoms with Crippen LogP contribution >= 0.6 is 0 Å². The topological polar surface area (TPSA) is 41.9 Å². The van der Waals surface area contributed by atoms with Crippen molar-refractivity contribution in [2.24, 2.45) is 0 Å². The summed E-state index contributed by atoms with van der Waals surface area (Å²) in [6.07, 6.45) is 0.541. The third kappa shape index (κ3) is 3.85. The van der Waals surface area contributed by atoms with Gasteiger partial charge in [-0.3, -0.25) is 4.90 Å². The monoisotopic (exact) mass is 265 g/mol. The third-order valence-corrected chi connectivity index (χ3v) is 3.23. The zero-order chi connectivity index (χ0) is 13.8. The van der Waals surface area contributed by atoms with Crippen molar-refractivity contribution in [2.45, 2.75) is 39.5 Å². The van der Waals surface area contributed by atoms with Gasteiger partial charge in [0, 0.05) is 19.6 Å². The van der Waals surface area contributed by atoms with Crippen molar-refractivity contribution in [1.29, 1.82) is 0 Å². The Morgan fingerprint density at radius 2 is 2.00 bits per heavy atom. The minimum absolute atomic E-state index is 0.203. The van der Waals surface area contributed by atoms with Gasteiger partial charge in [0.05, 0.1) is 18.8 Å². The van der Waals surface area contributed by atoms with Gasteiger partial charge >= 0.3 is 0 Å². The van der Waals surface area contributed by atoms with Gasteiger partial charge in [0.25, 0.3) is 0 Å². The summed E-state index contributed by atoms with van der Waals surface area (Å²) in [6, 6.07) is 5.57. The van der Waals surface area contributed by atoms with E-state index in [1.54, 1.807) is 6.07 Å². The van der Waals surface area contributed by atoms with Crippen molar-refractivity contribution in [1.82, 2.24) is 4.90 Å². The van der Waals surface area contributed by atoms with E-state index >= 15 is 0 Å². The highest BCUT2D eigenvalue weighted by molar-refractivity contribution is 5.41. The third-order valence-electron chi connectivity index (χ3n) is 3.23. The Morgan fingerprint density at radius 3 is 2.63 bits per heavy atom. The standard InChI is InChI=1S/C15H23NO3/c1-4-18-15-7-13(5-6-14(15)17)10-16-8-11(2)19-12(3)9-16/h5-7,11-12,17H,4,8-10H2,1-3H3. The van der Waals surface area contributed by atoms with Gasteiger partial charge in [0.2, 0.25) is 0 Å². The van der Waals surface area contributed by atoms with Gasteiger partial charge < -0.3 is 14.6 Å². The summed E-state index contributed by atoms with van der Waals surface area (Å²) < 4.78 is 11.1. The number of phenolic OH excluding ortho intramolecular Hbond substituents is 1. The molecular weight excluding hydrogens is 242 g/mol. The number of benzene rings is 1. The molecule has 1 heterocycles. The van der Waals surface area contributed by atoms with Crippen LogP contribution in [0.15, 0.2) is 18.2 Å². The number of rotatable bonds is 4. The molecule has 2 unspecified atom stereocenters. The molecule has 0 saturated carbocycles. The summed E-state index contributed by atoms with van der Waals surface area (Å²) in [5, 5.41) is 9.70. The first-order chi connectivity index (χ1) is 9.08. The normalized spacial score (nSPS) is 24.4. The highest BCUT2D eigenvalue weighted by atomic mass is 16.5. The zero-order valence-corrected chi connectivity index (χ0v) is 11.9. The second-order valence-electron chi connectivity index (χ2n) is 5.19. The molecule has 1 aliphatic heterocycles. The molecule has 0 aliphatic carbocycles. The van der Waals surface area contributed by atoms with E-state index in [-0.39, 0.29) is 18.0 Å². The summed E-state index contributed by atoms with van der Waals surface area (Å²) in [5.74, 6) is 0.767. The molecule has 1 aliphatic rings. The maximum atomic E-state index is 9.70. The molecule has 0 radical (unpaired) electrons. The van der Waals surface area contributed by atoms with Crippen LogP contribution in [0.2, 0.25) is 0 Å². The Hall–Kier alpha value is -1.26. The van der Waals surface area contributed by atoms with Crippen molar-refractivity contribution in [2.75, 3.05) is 19.7 Å². The van der Waals surface area contributed by atoms with E-state index < -0.39 is 0 Å². The van der Waals surface area contributed by atoms with E-state index in [4.69, 9.17) is 9.47 Å². The maximum Gasteiger partial charge on any atom is 0.161 e. The second-order valence-corrected chi connectivity index (χ2v) is 5.19. The highest BCUT2D eigenvalue weighted by Gasteiger charge is 2.22. The van der Waals surface area contributed by atoms with Gasteiger partial charge in [-0.1, -0.05) is 6.07 Å². The van der Waals surface area contributed by atoms with Crippen molar-refractivity contribution in [3.63, 3.8) is 0 Å².